The monoisotopic (exact) mass is 261 g/mol. The lowest BCUT2D eigenvalue weighted by Crippen LogP contribution is -2.48. The van der Waals surface area contributed by atoms with Crippen LogP contribution in [0.5, 0.6) is 0 Å². The van der Waals surface area contributed by atoms with Crippen molar-refractivity contribution >= 4 is 5.91 Å². The van der Waals surface area contributed by atoms with E-state index in [0.717, 1.165) is 0 Å². The highest BCUT2D eigenvalue weighted by Gasteiger charge is 2.17. The first-order valence-corrected chi connectivity index (χ1v) is 5.99. The maximum atomic E-state index is 12.1. The van der Waals surface area contributed by atoms with Crippen molar-refractivity contribution in [1.82, 2.24) is 15.4 Å². The smallest absolute Gasteiger partial charge is 0.285 e. The van der Waals surface area contributed by atoms with Gasteiger partial charge in [0.05, 0.1) is 18.8 Å². The number of hydrazine groups is 1. The van der Waals surface area contributed by atoms with Gasteiger partial charge in [0.15, 0.2) is 0 Å². The third-order valence-electron chi connectivity index (χ3n) is 2.60. The van der Waals surface area contributed by atoms with E-state index in [1.54, 1.807) is 23.3 Å². The number of morpholine rings is 1. The molecule has 1 amide bonds. The van der Waals surface area contributed by atoms with Crippen LogP contribution in [-0.2, 0) is 4.74 Å². The molecule has 2 rings (SSSR count). The lowest BCUT2D eigenvalue weighted by atomic mass is 10.2. The maximum Gasteiger partial charge on any atom is 0.285 e. The Kier molecular flexibility index (Phi) is 4.86. The van der Waals surface area contributed by atoms with Crippen molar-refractivity contribution in [3.63, 3.8) is 0 Å². The molecule has 1 saturated heterocycles. The summed E-state index contributed by atoms with van der Waals surface area (Å²) in [6.45, 7) is 2.24. The summed E-state index contributed by atoms with van der Waals surface area (Å²) >= 11 is 0. The van der Waals surface area contributed by atoms with E-state index in [2.05, 4.69) is 22.3 Å². The molecular formula is C13H15N3O3. The molecule has 0 radical (unpaired) electrons. The minimum absolute atomic E-state index is 0.251. The Morgan fingerprint density at radius 1 is 1.53 bits per heavy atom. The molecule has 1 aromatic heterocycles. The number of carbonyl (C=O) groups is 1. The SMILES string of the molecule is O=C(NN1CCOCC1)c1ncccc1C#CCO. The second kappa shape index (κ2) is 6.85. The van der Waals surface area contributed by atoms with Crippen molar-refractivity contribution in [2.24, 2.45) is 0 Å². The summed E-state index contributed by atoms with van der Waals surface area (Å²) in [6.07, 6.45) is 1.54. The van der Waals surface area contributed by atoms with Crippen LogP contribution in [0.3, 0.4) is 0 Å². The number of carbonyl (C=O) groups excluding carboxylic acids is 1. The quantitative estimate of drug-likeness (QED) is 0.696. The van der Waals surface area contributed by atoms with E-state index in [0.29, 0.717) is 31.9 Å². The summed E-state index contributed by atoms with van der Waals surface area (Å²) in [5.74, 6) is 4.93. The Bertz CT molecular complexity index is 501. The number of ether oxygens (including phenoxy) is 1. The van der Waals surface area contributed by atoms with Gasteiger partial charge in [-0.05, 0) is 12.1 Å². The van der Waals surface area contributed by atoms with Crippen LogP contribution in [0, 0.1) is 11.8 Å². The topological polar surface area (TPSA) is 74.7 Å². The van der Waals surface area contributed by atoms with Crippen molar-refractivity contribution in [2.75, 3.05) is 32.9 Å². The first kappa shape index (κ1) is 13.5. The van der Waals surface area contributed by atoms with Crippen molar-refractivity contribution < 1.29 is 14.6 Å². The third-order valence-corrected chi connectivity index (χ3v) is 2.60. The molecule has 6 nitrogen and oxygen atoms in total. The van der Waals surface area contributed by atoms with Crippen molar-refractivity contribution in [3.8, 4) is 11.8 Å². The number of hydrogen-bond donors (Lipinski definition) is 2. The van der Waals surface area contributed by atoms with Crippen LogP contribution < -0.4 is 5.43 Å². The second-order valence-corrected chi connectivity index (χ2v) is 3.90. The molecule has 0 aromatic carbocycles. The fourth-order valence-corrected chi connectivity index (χ4v) is 1.69. The normalized spacial score (nSPS) is 15.4. The summed E-state index contributed by atoms with van der Waals surface area (Å²) in [4.78, 5) is 16.2. The Labute approximate surface area is 111 Å². The number of aliphatic hydroxyl groups is 1. The number of pyridine rings is 1. The molecular weight excluding hydrogens is 246 g/mol. The molecule has 0 saturated carbocycles. The van der Waals surface area contributed by atoms with Gasteiger partial charge in [-0.3, -0.25) is 10.2 Å². The van der Waals surface area contributed by atoms with Crippen LogP contribution in [0.15, 0.2) is 18.3 Å². The number of aliphatic hydroxyl groups excluding tert-OH is 1. The highest BCUT2D eigenvalue weighted by atomic mass is 16.5. The lowest BCUT2D eigenvalue weighted by Gasteiger charge is -2.26. The van der Waals surface area contributed by atoms with Crippen molar-refractivity contribution in [3.05, 3.63) is 29.6 Å². The van der Waals surface area contributed by atoms with Gasteiger partial charge in [-0.25, -0.2) is 9.99 Å². The largest absolute Gasteiger partial charge is 0.384 e. The van der Waals surface area contributed by atoms with Gasteiger partial charge in [-0.15, -0.1) is 0 Å². The van der Waals surface area contributed by atoms with Gasteiger partial charge in [0, 0.05) is 19.3 Å². The molecule has 2 heterocycles. The molecule has 1 aliphatic rings. The molecule has 1 aromatic rings. The minimum Gasteiger partial charge on any atom is -0.384 e. The zero-order valence-electron chi connectivity index (χ0n) is 10.4. The van der Waals surface area contributed by atoms with Gasteiger partial charge in [-0.2, -0.15) is 0 Å². The summed E-state index contributed by atoms with van der Waals surface area (Å²) in [6, 6.07) is 3.40. The number of nitrogens with one attached hydrogen (secondary N) is 1. The molecule has 2 N–H and O–H groups in total. The number of hydrogen-bond acceptors (Lipinski definition) is 5. The average Bonchev–Trinajstić information content (AvgIpc) is 2.46. The molecule has 1 aliphatic heterocycles. The first-order chi connectivity index (χ1) is 9.31. The highest BCUT2D eigenvalue weighted by molar-refractivity contribution is 5.94. The van der Waals surface area contributed by atoms with Crippen molar-refractivity contribution in [1.29, 1.82) is 0 Å². The molecule has 0 bridgehead atoms. The standard InChI is InChI=1S/C13H15N3O3/c17-8-2-4-11-3-1-5-14-12(11)13(18)15-16-6-9-19-10-7-16/h1,3,5,17H,6-10H2,(H,15,18). The molecule has 100 valence electrons. The molecule has 6 heteroatoms. The van der Waals surface area contributed by atoms with Crippen LogP contribution in [-0.4, -0.2) is 53.9 Å². The molecule has 19 heavy (non-hydrogen) atoms. The van der Waals surface area contributed by atoms with Gasteiger partial charge in [0.1, 0.15) is 12.3 Å². The summed E-state index contributed by atoms with van der Waals surface area (Å²) < 4.78 is 5.21. The predicted octanol–water partition coefficient (Wildman–Crippen LogP) is -0.598. The van der Waals surface area contributed by atoms with Crippen LogP contribution >= 0.6 is 0 Å². The van der Waals surface area contributed by atoms with E-state index in [4.69, 9.17) is 9.84 Å². The fraction of sp³-hybridized carbons (Fsp3) is 0.385. The van der Waals surface area contributed by atoms with Crippen molar-refractivity contribution in [2.45, 2.75) is 0 Å². The zero-order chi connectivity index (χ0) is 13.5. The van der Waals surface area contributed by atoms with E-state index in [1.165, 1.54) is 0 Å². The first-order valence-electron chi connectivity index (χ1n) is 5.99. The van der Waals surface area contributed by atoms with Gasteiger partial charge < -0.3 is 9.84 Å². The zero-order valence-corrected chi connectivity index (χ0v) is 10.4. The Morgan fingerprint density at radius 3 is 3.05 bits per heavy atom. The molecule has 0 unspecified atom stereocenters. The summed E-state index contributed by atoms with van der Waals surface area (Å²) in [5.41, 5.74) is 3.53. The van der Waals surface area contributed by atoms with Crippen LogP contribution in [0.4, 0.5) is 0 Å². The van der Waals surface area contributed by atoms with Gasteiger partial charge in [-0.1, -0.05) is 11.8 Å². The van der Waals surface area contributed by atoms with E-state index >= 15 is 0 Å². The van der Waals surface area contributed by atoms with Crippen LogP contribution in [0.2, 0.25) is 0 Å². The Morgan fingerprint density at radius 2 is 2.32 bits per heavy atom. The molecule has 0 aliphatic carbocycles. The number of amides is 1. The van der Waals surface area contributed by atoms with E-state index in [-0.39, 0.29) is 18.2 Å². The van der Waals surface area contributed by atoms with Gasteiger partial charge in [0.2, 0.25) is 0 Å². The van der Waals surface area contributed by atoms with E-state index in [1.807, 2.05) is 0 Å². The average molecular weight is 261 g/mol. The number of aromatic nitrogens is 1. The van der Waals surface area contributed by atoms with E-state index in [9.17, 15) is 4.79 Å². The van der Waals surface area contributed by atoms with Crippen LogP contribution in [0.25, 0.3) is 0 Å². The fourth-order valence-electron chi connectivity index (χ4n) is 1.69. The molecule has 1 fully saturated rings. The third kappa shape index (κ3) is 3.76. The lowest BCUT2D eigenvalue weighted by molar-refractivity contribution is 0.0124. The van der Waals surface area contributed by atoms with E-state index < -0.39 is 0 Å². The highest BCUT2D eigenvalue weighted by Crippen LogP contribution is 2.04. The summed E-state index contributed by atoms with van der Waals surface area (Å²) in [7, 11) is 0. The number of rotatable bonds is 2. The number of nitrogens with zero attached hydrogens (tertiary/aromatic N) is 2. The predicted molar refractivity (Wildman–Crippen MR) is 68.1 cm³/mol. The Hall–Kier alpha value is -1.94. The second-order valence-electron chi connectivity index (χ2n) is 3.90. The van der Waals surface area contributed by atoms with Gasteiger partial charge in [0.25, 0.3) is 5.91 Å². The maximum absolute atomic E-state index is 12.1. The summed E-state index contributed by atoms with van der Waals surface area (Å²) in [5, 5.41) is 10.5. The van der Waals surface area contributed by atoms with Crippen LogP contribution in [0.1, 0.15) is 16.1 Å². The molecule has 0 spiro atoms. The minimum atomic E-state index is -0.301. The Balaban J connectivity index is 2.09. The molecule has 0 atom stereocenters. The van der Waals surface area contributed by atoms with Gasteiger partial charge >= 0.3 is 0 Å².